The first-order valence-electron chi connectivity index (χ1n) is 10.9. The number of fused-ring (bicyclic) bond motifs is 1. The number of hydrogen-bond acceptors (Lipinski definition) is 7. The van der Waals surface area contributed by atoms with Crippen LogP contribution in [0.4, 0.5) is 5.82 Å². The van der Waals surface area contributed by atoms with Crippen LogP contribution in [0.2, 0.25) is 0 Å². The van der Waals surface area contributed by atoms with Crippen molar-refractivity contribution in [1.82, 2.24) is 19.5 Å². The average molecular weight is 472 g/mol. The summed E-state index contributed by atoms with van der Waals surface area (Å²) in [5.41, 5.74) is 3.31. The summed E-state index contributed by atoms with van der Waals surface area (Å²) in [4.78, 5) is 16.4. The van der Waals surface area contributed by atoms with Gasteiger partial charge in [-0.1, -0.05) is 42.5 Å². The summed E-state index contributed by atoms with van der Waals surface area (Å²) in [6.07, 6.45) is 3.65. The lowest BCUT2D eigenvalue weighted by Gasteiger charge is -2.12. The lowest BCUT2D eigenvalue weighted by atomic mass is 9.99. The fourth-order valence-corrected chi connectivity index (χ4v) is 5.11. The number of imidazole rings is 1. The number of rotatable bonds is 8. The second kappa shape index (κ2) is 9.62. The lowest BCUT2D eigenvalue weighted by molar-refractivity contribution is 0.210. The van der Waals surface area contributed by atoms with E-state index in [-0.39, 0.29) is 0 Å². The SMILES string of the molecule is COCCNc1nc(-c2nccn2C)nc2sc(-c3ccccc3)c(-c3ccc(OC)cc3)c12. The van der Waals surface area contributed by atoms with Gasteiger partial charge in [0.05, 0.1) is 19.1 Å². The Bertz CT molecular complexity index is 1410. The fourth-order valence-electron chi connectivity index (χ4n) is 3.91. The summed E-state index contributed by atoms with van der Waals surface area (Å²) in [5, 5.41) is 4.47. The van der Waals surface area contributed by atoms with Gasteiger partial charge in [0.2, 0.25) is 0 Å². The number of ether oxygens (including phenoxy) is 2. The van der Waals surface area contributed by atoms with E-state index in [9.17, 15) is 0 Å². The van der Waals surface area contributed by atoms with Crippen molar-refractivity contribution < 1.29 is 9.47 Å². The van der Waals surface area contributed by atoms with E-state index in [0.717, 1.165) is 49.2 Å². The first kappa shape index (κ1) is 22.1. The number of thiophene rings is 1. The van der Waals surface area contributed by atoms with Crippen molar-refractivity contribution >= 4 is 27.4 Å². The van der Waals surface area contributed by atoms with Gasteiger partial charge in [0.1, 0.15) is 16.4 Å². The fraction of sp³-hybridized carbons (Fsp3) is 0.192. The Hall–Kier alpha value is -3.75. The molecule has 0 fully saturated rings. The summed E-state index contributed by atoms with van der Waals surface area (Å²) in [6, 6.07) is 18.5. The Labute approximate surface area is 202 Å². The van der Waals surface area contributed by atoms with Crippen LogP contribution in [0.1, 0.15) is 0 Å². The molecule has 0 radical (unpaired) electrons. The largest absolute Gasteiger partial charge is 0.497 e. The van der Waals surface area contributed by atoms with Crippen molar-refractivity contribution in [3.63, 3.8) is 0 Å². The van der Waals surface area contributed by atoms with Crippen molar-refractivity contribution in [3.8, 4) is 39.0 Å². The molecule has 0 aliphatic heterocycles. The average Bonchev–Trinajstić information content (AvgIpc) is 3.48. The van der Waals surface area contributed by atoms with Crippen LogP contribution in [0.3, 0.4) is 0 Å². The van der Waals surface area contributed by atoms with Crippen LogP contribution in [0.5, 0.6) is 5.75 Å². The van der Waals surface area contributed by atoms with Crippen LogP contribution in [0.25, 0.3) is 43.4 Å². The molecule has 2 aromatic carbocycles. The number of nitrogens with one attached hydrogen (secondary N) is 1. The Kier molecular flexibility index (Phi) is 6.24. The van der Waals surface area contributed by atoms with Crippen molar-refractivity contribution in [3.05, 3.63) is 67.0 Å². The molecule has 0 atom stereocenters. The highest BCUT2D eigenvalue weighted by Gasteiger charge is 2.22. The van der Waals surface area contributed by atoms with Gasteiger partial charge in [0.25, 0.3) is 0 Å². The molecule has 1 N–H and O–H groups in total. The monoisotopic (exact) mass is 471 g/mol. The molecule has 3 heterocycles. The van der Waals surface area contributed by atoms with Crippen LogP contribution in [0.15, 0.2) is 67.0 Å². The van der Waals surface area contributed by atoms with Crippen LogP contribution >= 0.6 is 11.3 Å². The maximum absolute atomic E-state index is 5.39. The molecule has 0 aliphatic carbocycles. The van der Waals surface area contributed by atoms with E-state index in [1.807, 2.05) is 36.0 Å². The first-order chi connectivity index (χ1) is 16.7. The smallest absolute Gasteiger partial charge is 0.199 e. The van der Waals surface area contributed by atoms with Crippen molar-refractivity contribution in [2.24, 2.45) is 7.05 Å². The van der Waals surface area contributed by atoms with Crippen LogP contribution < -0.4 is 10.1 Å². The van der Waals surface area contributed by atoms with Gasteiger partial charge < -0.3 is 19.4 Å². The first-order valence-corrected chi connectivity index (χ1v) is 11.8. The van der Waals surface area contributed by atoms with Gasteiger partial charge in [0.15, 0.2) is 11.6 Å². The molecular formula is C26H25N5O2S. The van der Waals surface area contributed by atoms with Crippen molar-refractivity contribution in [2.75, 3.05) is 32.7 Å². The highest BCUT2D eigenvalue weighted by Crippen LogP contribution is 2.47. The number of anilines is 1. The molecule has 3 aromatic heterocycles. The topological polar surface area (TPSA) is 74.1 Å². The molecule has 0 spiro atoms. The van der Waals surface area contributed by atoms with Gasteiger partial charge in [-0.25, -0.2) is 15.0 Å². The third kappa shape index (κ3) is 4.13. The highest BCUT2D eigenvalue weighted by molar-refractivity contribution is 7.22. The standard InChI is InChI=1S/C26H25N5O2S/c1-31-15-13-28-25(31)24-29-23(27-14-16-32-2)21-20(17-9-11-19(33-3)12-10-17)22(34-26(21)30-24)18-7-5-4-6-8-18/h4-13,15H,14,16H2,1-3H3,(H,27,29,30). The summed E-state index contributed by atoms with van der Waals surface area (Å²) in [6.45, 7) is 1.19. The molecule has 0 saturated carbocycles. The Morgan fingerprint density at radius 2 is 1.76 bits per heavy atom. The second-order valence-electron chi connectivity index (χ2n) is 7.76. The Balaban J connectivity index is 1.79. The summed E-state index contributed by atoms with van der Waals surface area (Å²) < 4.78 is 12.6. The summed E-state index contributed by atoms with van der Waals surface area (Å²) in [5.74, 6) is 2.89. The van der Waals surface area contributed by atoms with E-state index in [1.54, 1.807) is 31.8 Å². The zero-order chi connectivity index (χ0) is 23.5. The Morgan fingerprint density at radius 3 is 2.44 bits per heavy atom. The minimum atomic E-state index is 0.566. The highest BCUT2D eigenvalue weighted by atomic mass is 32.1. The summed E-state index contributed by atoms with van der Waals surface area (Å²) in [7, 11) is 5.31. The minimum Gasteiger partial charge on any atom is -0.497 e. The molecule has 34 heavy (non-hydrogen) atoms. The molecule has 0 unspecified atom stereocenters. The minimum absolute atomic E-state index is 0.566. The van der Waals surface area contributed by atoms with Crippen LogP contribution in [0, 0.1) is 0 Å². The molecular weight excluding hydrogens is 446 g/mol. The van der Waals surface area contributed by atoms with E-state index < -0.39 is 0 Å². The molecule has 8 heteroatoms. The van der Waals surface area contributed by atoms with E-state index in [0.29, 0.717) is 19.0 Å². The number of benzene rings is 2. The zero-order valence-corrected chi connectivity index (χ0v) is 20.1. The number of nitrogens with zero attached hydrogens (tertiary/aromatic N) is 4. The van der Waals surface area contributed by atoms with Gasteiger partial charge in [-0.05, 0) is 23.3 Å². The second-order valence-corrected chi connectivity index (χ2v) is 8.76. The molecule has 0 bridgehead atoms. The van der Waals surface area contributed by atoms with Crippen LogP contribution in [-0.4, -0.2) is 46.9 Å². The van der Waals surface area contributed by atoms with Crippen molar-refractivity contribution in [2.45, 2.75) is 0 Å². The normalized spacial score (nSPS) is 11.1. The maximum Gasteiger partial charge on any atom is 0.199 e. The third-order valence-electron chi connectivity index (χ3n) is 5.59. The molecule has 0 saturated heterocycles. The number of aryl methyl sites for hydroxylation is 1. The molecule has 0 aliphatic rings. The number of aromatic nitrogens is 4. The molecule has 172 valence electrons. The predicted octanol–water partition coefficient (Wildman–Crippen LogP) is 5.49. The Morgan fingerprint density at radius 1 is 0.971 bits per heavy atom. The van der Waals surface area contributed by atoms with E-state index in [1.165, 1.54) is 0 Å². The van der Waals surface area contributed by atoms with Gasteiger partial charge >= 0.3 is 0 Å². The number of hydrogen-bond donors (Lipinski definition) is 1. The van der Waals surface area contributed by atoms with Crippen LogP contribution in [-0.2, 0) is 11.8 Å². The third-order valence-corrected chi connectivity index (χ3v) is 6.72. The molecule has 5 aromatic rings. The zero-order valence-electron chi connectivity index (χ0n) is 19.3. The quantitative estimate of drug-likeness (QED) is 0.302. The summed E-state index contributed by atoms with van der Waals surface area (Å²) >= 11 is 1.66. The molecule has 7 nitrogen and oxygen atoms in total. The van der Waals surface area contributed by atoms with E-state index in [4.69, 9.17) is 19.4 Å². The number of methoxy groups -OCH3 is 2. The molecule has 0 amide bonds. The van der Waals surface area contributed by atoms with E-state index in [2.05, 4.69) is 46.7 Å². The van der Waals surface area contributed by atoms with Gasteiger partial charge in [-0.3, -0.25) is 0 Å². The van der Waals surface area contributed by atoms with E-state index >= 15 is 0 Å². The lowest BCUT2D eigenvalue weighted by Crippen LogP contribution is -2.10. The maximum atomic E-state index is 5.39. The van der Waals surface area contributed by atoms with Gasteiger partial charge in [-0.2, -0.15) is 0 Å². The van der Waals surface area contributed by atoms with Gasteiger partial charge in [0, 0.05) is 43.5 Å². The van der Waals surface area contributed by atoms with Gasteiger partial charge in [-0.15, -0.1) is 11.3 Å². The molecule has 5 rings (SSSR count). The predicted molar refractivity (Wildman–Crippen MR) is 137 cm³/mol. The van der Waals surface area contributed by atoms with Crippen molar-refractivity contribution in [1.29, 1.82) is 0 Å².